The van der Waals surface area contributed by atoms with Gasteiger partial charge in [0.1, 0.15) is 18.1 Å². The van der Waals surface area contributed by atoms with E-state index in [1.807, 2.05) is 13.1 Å². The SMILES string of the molecule is CN(Cc1c(Br)cnn1C)C(=O)c1ccc(COc2ccc(Br)cc2Cl)o1. The topological polar surface area (TPSA) is 60.5 Å². The van der Waals surface area contributed by atoms with Crippen molar-refractivity contribution in [3.05, 3.63) is 67.7 Å². The van der Waals surface area contributed by atoms with Gasteiger partial charge in [-0.2, -0.15) is 5.10 Å². The van der Waals surface area contributed by atoms with Crippen LogP contribution in [0.25, 0.3) is 0 Å². The van der Waals surface area contributed by atoms with Crippen LogP contribution in [-0.4, -0.2) is 27.6 Å². The number of halogens is 3. The lowest BCUT2D eigenvalue weighted by molar-refractivity contribution is 0.0746. The standard InChI is InChI=1S/C18H16Br2ClN3O3/c1-23(9-15-13(20)8-22-24(15)2)18(25)17-6-4-12(27-17)10-26-16-5-3-11(19)7-14(16)21/h3-8H,9-10H2,1-2H3. The van der Waals surface area contributed by atoms with Gasteiger partial charge in [-0.3, -0.25) is 9.48 Å². The van der Waals surface area contributed by atoms with Gasteiger partial charge >= 0.3 is 0 Å². The van der Waals surface area contributed by atoms with Crippen LogP contribution in [-0.2, 0) is 20.2 Å². The molecule has 0 N–H and O–H groups in total. The summed E-state index contributed by atoms with van der Waals surface area (Å²) in [7, 11) is 3.54. The first-order valence-corrected chi connectivity index (χ1v) is 9.90. The molecule has 0 aliphatic rings. The van der Waals surface area contributed by atoms with Gasteiger partial charge in [-0.05, 0) is 46.3 Å². The van der Waals surface area contributed by atoms with E-state index < -0.39 is 0 Å². The quantitative estimate of drug-likeness (QED) is 0.460. The van der Waals surface area contributed by atoms with Crippen LogP contribution < -0.4 is 4.74 Å². The van der Waals surface area contributed by atoms with E-state index in [9.17, 15) is 4.79 Å². The van der Waals surface area contributed by atoms with E-state index in [2.05, 4.69) is 37.0 Å². The Morgan fingerprint density at radius 3 is 2.78 bits per heavy atom. The van der Waals surface area contributed by atoms with Crippen LogP contribution in [0, 0.1) is 0 Å². The highest BCUT2D eigenvalue weighted by Crippen LogP contribution is 2.28. The van der Waals surface area contributed by atoms with E-state index in [1.165, 1.54) is 0 Å². The molecule has 0 radical (unpaired) electrons. The zero-order valence-corrected chi connectivity index (χ0v) is 18.5. The average molecular weight is 518 g/mol. The fourth-order valence-corrected chi connectivity index (χ4v) is 3.61. The third-order valence-corrected chi connectivity index (χ3v) is 5.33. The molecule has 0 aliphatic carbocycles. The van der Waals surface area contributed by atoms with E-state index in [0.29, 0.717) is 23.1 Å². The van der Waals surface area contributed by atoms with Gasteiger partial charge in [0.25, 0.3) is 5.91 Å². The third-order valence-electron chi connectivity index (χ3n) is 3.88. The Morgan fingerprint density at radius 2 is 2.11 bits per heavy atom. The fraction of sp³-hybridized carbons (Fsp3) is 0.222. The number of benzene rings is 1. The number of nitrogens with zero attached hydrogens (tertiary/aromatic N) is 3. The summed E-state index contributed by atoms with van der Waals surface area (Å²) >= 11 is 12.9. The highest BCUT2D eigenvalue weighted by atomic mass is 79.9. The first-order chi connectivity index (χ1) is 12.8. The largest absolute Gasteiger partial charge is 0.484 e. The third kappa shape index (κ3) is 4.75. The van der Waals surface area contributed by atoms with E-state index >= 15 is 0 Å². The molecule has 6 nitrogen and oxygen atoms in total. The molecule has 2 aromatic heterocycles. The molecule has 3 aromatic rings. The minimum Gasteiger partial charge on any atom is -0.484 e. The molecule has 0 fully saturated rings. The molecule has 0 spiro atoms. The molecular weight excluding hydrogens is 501 g/mol. The zero-order chi connectivity index (χ0) is 19.6. The normalized spacial score (nSPS) is 10.9. The highest BCUT2D eigenvalue weighted by molar-refractivity contribution is 9.10. The van der Waals surface area contributed by atoms with Gasteiger partial charge in [0, 0.05) is 18.6 Å². The molecule has 0 bridgehead atoms. The van der Waals surface area contributed by atoms with E-state index in [0.717, 1.165) is 14.6 Å². The maximum Gasteiger partial charge on any atom is 0.289 e. The number of aromatic nitrogens is 2. The van der Waals surface area contributed by atoms with Crippen molar-refractivity contribution in [1.82, 2.24) is 14.7 Å². The summed E-state index contributed by atoms with van der Waals surface area (Å²) in [5, 5.41) is 4.64. The van der Waals surface area contributed by atoms with Gasteiger partial charge in [0.15, 0.2) is 5.76 Å². The van der Waals surface area contributed by atoms with Crippen molar-refractivity contribution >= 4 is 49.4 Å². The molecule has 2 heterocycles. The summed E-state index contributed by atoms with van der Waals surface area (Å²) in [5.74, 6) is 1.10. The van der Waals surface area contributed by atoms with Crippen molar-refractivity contribution in [2.24, 2.45) is 7.05 Å². The van der Waals surface area contributed by atoms with Crippen molar-refractivity contribution in [3.8, 4) is 5.75 Å². The van der Waals surface area contributed by atoms with Gasteiger partial charge in [0.05, 0.1) is 27.9 Å². The maximum atomic E-state index is 12.6. The second kappa shape index (κ2) is 8.50. The Kier molecular flexibility index (Phi) is 6.29. The Bertz CT molecular complexity index is 951. The molecule has 9 heteroatoms. The predicted octanol–water partition coefficient (Wildman–Crippen LogP) is 5.04. The summed E-state index contributed by atoms with van der Waals surface area (Å²) in [6.45, 7) is 0.572. The Morgan fingerprint density at radius 1 is 1.33 bits per heavy atom. The maximum absolute atomic E-state index is 12.6. The summed E-state index contributed by atoms with van der Waals surface area (Å²) in [4.78, 5) is 14.2. The Balaban J connectivity index is 1.63. The van der Waals surface area contributed by atoms with Crippen molar-refractivity contribution < 1.29 is 13.9 Å². The number of hydrogen-bond donors (Lipinski definition) is 0. The molecule has 0 saturated heterocycles. The second-order valence-electron chi connectivity index (χ2n) is 5.85. The van der Waals surface area contributed by atoms with Crippen molar-refractivity contribution in [2.45, 2.75) is 13.2 Å². The number of ether oxygens (including phenoxy) is 1. The number of aryl methyl sites for hydroxylation is 1. The van der Waals surface area contributed by atoms with Crippen LogP contribution in [0.4, 0.5) is 0 Å². The van der Waals surface area contributed by atoms with Crippen LogP contribution in [0.5, 0.6) is 5.75 Å². The minimum absolute atomic E-state index is 0.172. The lowest BCUT2D eigenvalue weighted by atomic mass is 10.3. The van der Waals surface area contributed by atoms with Crippen LogP contribution >= 0.6 is 43.5 Å². The molecule has 27 heavy (non-hydrogen) atoms. The Hall–Kier alpha value is -1.77. The number of amides is 1. The van der Waals surface area contributed by atoms with Gasteiger partial charge in [-0.15, -0.1) is 0 Å². The number of carbonyl (C=O) groups excluding carboxylic acids is 1. The second-order valence-corrected chi connectivity index (χ2v) is 8.03. The molecule has 0 saturated carbocycles. The van der Waals surface area contributed by atoms with Crippen molar-refractivity contribution in [2.75, 3.05) is 7.05 Å². The highest BCUT2D eigenvalue weighted by Gasteiger charge is 2.19. The first kappa shape index (κ1) is 20.0. The summed E-state index contributed by atoms with van der Waals surface area (Å²) in [6, 6.07) is 8.71. The molecule has 0 unspecified atom stereocenters. The van der Waals surface area contributed by atoms with E-state index in [1.54, 1.807) is 47.1 Å². The van der Waals surface area contributed by atoms with Gasteiger partial charge in [-0.25, -0.2) is 0 Å². The number of rotatable bonds is 6. The Labute approximate surface area is 178 Å². The fourth-order valence-electron chi connectivity index (χ4n) is 2.41. The van der Waals surface area contributed by atoms with E-state index in [-0.39, 0.29) is 18.3 Å². The summed E-state index contributed by atoms with van der Waals surface area (Å²) < 4.78 is 14.7. The molecule has 3 rings (SSSR count). The average Bonchev–Trinajstić information content (AvgIpc) is 3.22. The van der Waals surface area contributed by atoms with Gasteiger partial charge in [0.2, 0.25) is 0 Å². The van der Waals surface area contributed by atoms with Crippen LogP contribution in [0.15, 0.2) is 49.9 Å². The monoisotopic (exact) mass is 515 g/mol. The van der Waals surface area contributed by atoms with Crippen LogP contribution in [0.1, 0.15) is 22.0 Å². The van der Waals surface area contributed by atoms with Crippen molar-refractivity contribution in [3.63, 3.8) is 0 Å². The molecule has 142 valence electrons. The zero-order valence-electron chi connectivity index (χ0n) is 14.6. The van der Waals surface area contributed by atoms with Crippen LogP contribution in [0.3, 0.4) is 0 Å². The van der Waals surface area contributed by atoms with Gasteiger partial charge < -0.3 is 14.1 Å². The minimum atomic E-state index is -0.226. The molecule has 1 aromatic carbocycles. The number of carbonyl (C=O) groups is 1. The van der Waals surface area contributed by atoms with E-state index in [4.69, 9.17) is 20.8 Å². The predicted molar refractivity (Wildman–Crippen MR) is 109 cm³/mol. The lowest BCUT2D eigenvalue weighted by Gasteiger charge is -2.16. The first-order valence-electron chi connectivity index (χ1n) is 7.93. The smallest absolute Gasteiger partial charge is 0.289 e. The number of hydrogen-bond acceptors (Lipinski definition) is 4. The molecule has 0 aliphatic heterocycles. The molecule has 1 amide bonds. The lowest BCUT2D eigenvalue weighted by Crippen LogP contribution is -2.27. The van der Waals surface area contributed by atoms with Gasteiger partial charge in [-0.1, -0.05) is 27.5 Å². The number of furan rings is 1. The molecule has 0 atom stereocenters. The van der Waals surface area contributed by atoms with Crippen LogP contribution in [0.2, 0.25) is 5.02 Å². The van der Waals surface area contributed by atoms with Crippen molar-refractivity contribution in [1.29, 1.82) is 0 Å². The summed E-state index contributed by atoms with van der Waals surface area (Å²) in [6.07, 6.45) is 1.70. The summed E-state index contributed by atoms with van der Waals surface area (Å²) in [5.41, 5.74) is 0.894. The molecular formula is C18H16Br2ClN3O3.